The summed E-state index contributed by atoms with van der Waals surface area (Å²) in [7, 11) is 0. The first-order chi connectivity index (χ1) is 12.0. The first kappa shape index (κ1) is 18.3. The zero-order valence-corrected chi connectivity index (χ0v) is 15.8. The van der Waals surface area contributed by atoms with E-state index in [1.807, 2.05) is 18.2 Å². The lowest BCUT2D eigenvalue weighted by Crippen LogP contribution is -2.48. The molecule has 7 heteroatoms. The Morgan fingerprint density at radius 3 is 2.36 bits per heavy atom. The van der Waals surface area contributed by atoms with Gasteiger partial charge in [-0.05, 0) is 36.4 Å². The number of carbonyl (C=O) groups is 1. The summed E-state index contributed by atoms with van der Waals surface area (Å²) in [4.78, 5) is 16.6. The van der Waals surface area contributed by atoms with E-state index in [0.29, 0.717) is 22.3 Å². The lowest BCUT2D eigenvalue weighted by molar-refractivity contribution is -0.117. The summed E-state index contributed by atoms with van der Waals surface area (Å²) in [5.74, 6) is -0.0829. The van der Waals surface area contributed by atoms with Gasteiger partial charge in [-0.1, -0.05) is 40.9 Å². The number of hydrogen-bond acceptors (Lipinski definition) is 3. The Morgan fingerprint density at radius 1 is 0.960 bits per heavy atom. The summed E-state index contributed by atoms with van der Waals surface area (Å²) in [6.07, 6.45) is 0. The molecule has 25 heavy (non-hydrogen) atoms. The van der Waals surface area contributed by atoms with E-state index < -0.39 is 0 Å². The van der Waals surface area contributed by atoms with Crippen LogP contribution in [-0.4, -0.2) is 43.5 Å². The summed E-state index contributed by atoms with van der Waals surface area (Å²) < 4.78 is 0. The molecule has 1 aliphatic heterocycles. The highest BCUT2D eigenvalue weighted by molar-refractivity contribution is 6.36. The Kier molecular flexibility index (Phi) is 6.07. The fourth-order valence-corrected chi connectivity index (χ4v) is 3.46. The van der Waals surface area contributed by atoms with E-state index >= 15 is 0 Å². The number of anilines is 2. The van der Waals surface area contributed by atoms with Gasteiger partial charge in [0.05, 0.1) is 17.3 Å². The van der Waals surface area contributed by atoms with E-state index in [-0.39, 0.29) is 5.91 Å². The standard InChI is InChI=1S/C18H18Cl3N3O/c19-13-2-1-3-15(10-13)24-8-6-23(7-9-24)12-18(25)22-17-5-4-14(20)11-16(17)21/h1-5,10-11H,6-9,12H2,(H,22,25). The Balaban J connectivity index is 1.51. The van der Waals surface area contributed by atoms with Gasteiger partial charge in [-0.15, -0.1) is 0 Å². The maximum Gasteiger partial charge on any atom is 0.238 e. The quantitative estimate of drug-likeness (QED) is 0.829. The van der Waals surface area contributed by atoms with Crippen LogP contribution in [0.4, 0.5) is 11.4 Å². The molecular weight excluding hydrogens is 381 g/mol. The number of halogens is 3. The van der Waals surface area contributed by atoms with Crippen molar-refractivity contribution in [2.45, 2.75) is 0 Å². The summed E-state index contributed by atoms with van der Waals surface area (Å²) in [6, 6.07) is 12.9. The third-order valence-corrected chi connectivity index (χ3v) is 4.90. The fourth-order valence-electron chi connectivity index (χ4n) is 2.82. The number of rotatable bonds is 4. The summed E-state index contributed by atoms with van der Waals surface area (Å²) >= 11 is 18.0. The molecule has 4 nitrogen and oxygen atoms in total. The minimum absolute atomic E-state index is 0.0829. The lowest BCUT2D eigenvalue weighted by atomic mass is 10.2. The zero-order chi connectivity index (χ0) is 17.8. The average Bonchev–Trinajstić information content (AvgIpc) is 2.58. The minimum Gasteiger partial charge on any atom is -0.369 e. The van der Waals surface area contributed by atoms with Gasteiger partial charge < -0.3 is 10.2 Å². The molecule has 0 aromatic heterocycles. The molecule has 132 valence electrons. The predicted molar refractivity (Wildman–Crippen MR) is 105 cm³/mol. The molecule has 1 aliphatic rings. The van der Waals surface area contributed by atoms with Crippen LogP contribution in [-0.2, 0) is 4.79 Å². The highest BCUT2D eigenvalue weighted by Crippen LogP contribution is 2.25. The van der Waals surface area contributed by atoms with Gasteiger partial charge >= 0.3 is 0 Å². The van der Waals surface area contributed by atoms with Crippen molar-refractivity contribution in [3.8, 4) is 0 Å². The number of benzene rings is 2. The molecule has 0 unspecified atom stereocenters. The second-order valence-corrected chi connectivity index (χ2v) is 7.20. The van der Waals surface area contributed by atoms with Crippen LogP contribution >= 0.6 is 34.8 Å². The number of hydrogen-bond donors (Lipinski definition) is 1. The van der Waals surface area contributed by atoms with Gasteiger partial charge in [-0.2, -0.15) is 0 Å². The Bertz CT molecular complexity index is 761. The average molecular weight is 399 g/mol. The van der Waals surface area contributed by atoms with Gasteiger partial charge in [0.15, 0.2) is 0 Å². The topological polar surface area (TPSA) is 35.6 Å². The Morgan fingerprint density at radius 2 is 1.68 bits per heavy atom. The zero-order valence-electron chi connectivity index (χ0n) is 13.5. The van der Waals surface area contributed by atoms with E-state index in [0.717, 1.165) is 36.9 Å². The third kappa shape index (κ3) is 5.02. The first-order valence-corrected chi connectivity index (χ1v) is 9.12. The fraction of sp³-hybridized carbons (Fsp3) is 0.278. The van der Waals surface area contributed by atoms with E-state index in [9.17, 15) is 4.79 Å². The first-order valence-electron chi connectivity index (χ1n) is 7.99. The van der Waals surface area contributed by atoms with Crippen LogP contribution in [0.1, 0.15) is 0 Å². The molecule has 1 heterocycles. The maximum absolute atomic E-state index is 12.2. The second kappa shape index (κ2) is 8.28. The van der Waals surface area contributed by atoms with Crippen LogP contribution < -0.4 is 10.2 Å². The van der Waals surface area contributed by atoms with Crippen LogP contribution in [0.2, 0.25) is 15.1 Å². The van der Waals surface area contributed by atoms with E-state index in [1.54, 1.807) is 18.2 Å². The smallest absolute Gasteiger partial charge is 0.238 e. The molecule has 1 saturated heterocycles. The van der Waals surface area contributed by atoms with Gasteiger partial charge in [0, 0.05) is 41.9 Å². The van der Waals surface area contributed by atoms with Crippen molar-refractivity contribution in [3.63, 3.8) is 0 Å². The molecule has 1 N–H and O–H groups in total. The highest BCUT2D eigenvalue weighted by atomic mass is 35.5. The number of nitrogens with one attached hydrogen (secondary N) is 1. The molecule has 2 aromatic rings. The normalized spacial score (nSPS) is 15.2. The molecule has 3 rings (SSSR count). The van der Waals surface area contributed by atoms with Crippen molar-refractivity contribution in [1.29, 1.82) is 0 Å². The number of carbonyl (C=O) groups excluding carboxylic acids is 1. The second-order valence-electron chi connectivity index (χ2n) is 5.92. The van der Waals surface area contributed by atoms with Crippen LogP contribution in [0, 0.1) is 0 Å². The Labute approximate surface area is 162 Å². The molecule has 0 radical (unpaired) electrons. The van der Waals surface area contributed by atoms with Crippen LogP contribution in [0.5, 0.6) is 0 Å². The monoisotopic (exact) mass is 397 g/mol. The molecule has 0 atom stereocenters. The minimum atomic E-state index is -0.0829. The SMILES string of the molecule is O=C(CN1CCN(c2cccc(Cl)c2)CC1)Nc1ccc(Cl)cc1Cl. The predicted octanol–water partition coefficient (Wildman–Crippen LogP) is 4.41. The molecule has 0 spiro atoms. The van der Waals surface area contributed by atoms with Crippen LogP contribution in [0.25, 0.3) is 0 Å². The van der Waals surface area contributed by atoms with Gasteiger partial charge in [-0.25, -0.2) is 0 Å². The van der Waals surface area contributed by atoms with E-state index in [1.165, 1.54) is 0 Å². The van der Waals surface area contributed by atoms with Crippen molar-refractivity contribution in [2.24, 2.45) is 0 Å². The molecule has 1 fully saturated rings. The summed E-state index contributed by atoms with van der Waals surface area (Å²) in [6.45, 7) is 3.68. The number of nitrogens with zero attached hydrogens (tertiary/aromatic N) is 2. The lowest BCUT2D eigenvalue weighted by Gasteiger charge is -2.35. The van der Waals surface area contributed by atoms with Gasteiger partial charge in [0.25, 0.3) is 0 Å². The summed E-state index contributed by atoms with van der Waals surface area (Å²) in [5, 5.41) is 4.55. The van der Waals surface area contributed by atoms with E-state index in [4.69, 9.17) is 34.8 Å². The molecule has 2 aromatic carbocycles. The van der Waals surface area contributed by atoms with Crippen molar-refractivity contribution in [2.75, 3.05) is 42.9 Å². The Hall–Kier alpha value is -1.46. The number of amides is 1. The van der Waals surface area contributed by atoms with Crippen molar-refractivity contribution in [3.05, 3.63) is 57.5 Å². The largest absolute Gasteiger partial charge is 0.369 e. The maximum atomic E-state index is 12.2. The van der Waals surface area contributed by atoms with Gasteiger partial charge in [0.2, 0.25) is 5.91 Å². The molecule has 1 amide bonds. The van der Waals surface area contributed by atoms with E-state index in [2.05, 4.69) is 21.2 Å². The molecule has 0 aliphatic carbocycles. The van der Waals surface area contributed by atoms with Gasteiger partial charge in [-0.3, -0.25) is 9.69 Å². The third-order valence-electron chi connectivity index (χ3n) is 4.12. The molecule has 0 bridgehead atoms. The highest BCUT2D eigenvalue weighted by Gasteiger charge is 2.19. The molecule has 0 saturated carbocycles. The van der Waals surface area contributed by atoms with Crippen LogP contribution in [0.3, 0.4) is 0 Å². The van der Waals surface area contributed by atoms with Crippen LogP contribution in [0.15, 0.2) is 42.5 Å². The number of piperazine rings is 1. The van der Waals surface area contributed by atoms with Crippen molar-refractivity contribution >= 4 is 52.1 Å². The van der Waals surface area contributed by atoms with Crippen molar-refractivity contribution < 1.29 is 4.79 Å². The van der Waals surface area contributed by atoms with Gasteiger partial charge in [0.1, 0.15) is 0 Å². The van der Waals surface area contributed by atoms with Crippen molar-refractivity contribution in [1.82, 2.24) is 4.90 Å². The molecular formula is C18H18Cl3N3O. The summed E-state index contributed by atoms with van der Waals surface area (Å²) in [5.41, 5.74) is 1.69.